The largest absolute Gasteiger partial charge is 0.481 e. The molecule has 1 atom stereocenters. The Labute approximate surface area is 107 Å². The fraction of sp³-hybridized carbons (Fsp3) is 0.429. The van der Waals surface area contributed by atoms with Gasteiger partial charge in [0.1, 0.15) is 0 Å². The van der Waals surface area contributed by atoms with Gasteiger partial charge in [0.15, 0.2) is 0 Å². The lowest BCUT2D eigenvalue weighted by atomic mass is 10.00. The van der Waals surface area contributed by atoms with E-state index in [0.29, 0.717) is 6.54 Å². The third kappa shape index (κ3) is 3.87. The molecule has 0 heterocycles. The Morgan fingerprint density at radius 2 is 1.89 bits per heavy atom. The number of amides is 1. The second kappa shape index (κ2) is 6.79. The van der Waals surface area contributed by atoms with Crippen molar-refractivity contribution < 1.29 is 14.7 Å². The fourth-order valence-corrected chi connectivity index (χ4v) is 1.81. The van der Waals surface area contributed by atoms with Gasteiger partial charge in [-0.15, -0.1) is 0 Å². The van der Waals surface area contributed by atoms with Gasteiger partial charge in [0, 0.05) is 13.1 Å². The third-order valence-electron chi connectivity index (χ3n) is 2.96. The molecule has 0 radical (unpaired) electrons. The van der Waals surface area contributed by atoms with Crippen LogP contribution in [0.15, 0.2) is 30.3 Å². The number of hydrogen-bond acceptors (Lipinski definition) is 2. The first-order chi connectivity index (χ1) is 8.56. The summed E-state index contributed by atoms with van der Waals surface area (Å²) in [4.78, 5) is 24.4. The molecule has 1 aromatic rings. The van der Waals surface area contributed by atoms with Gasteiger partial charge < -0.3 is 10.0 Å². The average molecular weight is 249 g/mol. The zero-order valence-electron chi connectivity index (χ0n) is 10.8. The first kappa shape index (κ1) is 14.2. The number of carbonyl (C=O) groups is 2. The van der Waals surface area contributed by atoms with Crippen molar-refractivity contribution in [3.63, 3.8) is 0 Å². The first-order valence-electron chi connectivity index (χ1n) is 6.11. The molecule has 0 aromatic heterocycles. The van der Waals surface area contributed by atoms with Crippen molar-refractivity contribution >= 4 is 11.9 Å². The number of aliphatic carboxylic acids is 1. The van der Waals surface area contributed by atoms with Crippen LogP contribution >= 0.6 is 0 Å². The van der Waals surface area contributed by atoms with Crippen LogP contribution in [-0.2, 0) is 9.59 Å². The minimum atomic E-state index is -0.881. The molecule has 4 heteroatoms. The Kier molecular flexibility index (Phi) is 5.36. The van der Waals surface area contributed by atoms with E-state index in [2.05, 4.69) is 0 Å². The maximum absolute atomic E-state index is 12.2. The predicted molar refractivity (Wildman–Crippen MR) is 69.4 cm³/mol. The van der Waals surface area contributed by atoms with Gasteiger partial charge in [-0.05, 0) is 19.4 Å². The molecule has 1 N–H and O–H groups in total. The van der Waals surface area contributed by atoms with Gasteiger partial charge in [0.05, 0.1) is 12.3 Å². The molecule has 1 amide bonds. The first-order valence-corrected chi connectivity index (χ1v) is 6.11. The van der Waals surface area contributed by atoms with Crippen LogP contribution in [0, 0.1) is 0 Å². The summed E-state index contributed by atoms with van der Waals surface area (Å²) in [6.07, 6.45) is -0.0128. The Hall–Kier alpha value is -1.84. The zero-order chi connectivity index (χ0) is 13.5. The minimum Gasteiger partial charge on any atom is -0.481 e. The molecule has 0 aliphatic carbocycles. The van der Waals surface area contributed by atoms with E-state index in [0.717, 1.165) is 5.56 Å². The Morgan fingerprint density at radius 1 is 1.28 bits per heavy atom. The lowest BCUT2D eigenvalue weighted by Crippen LogP contribution is -2.35. The second-order valence-corrected chi connectivity index (χ2v) is 4.19. The van der Waals surface area contributed by atoms with Gasteiger partial charge in [0.25, 0.3) is 0 Å². The molecule has 1 rings (SSSR count). The smallest absolute Gasteiger partial charge is 0.305 e. The molecule has 4 nitrogen and oxygen atoms in total. The van der Waals surface area contributed by atoms with Gasteiger partial charge in [0.2, 0.25) is 5.91 Å². The van der Waals surface area contributed by atoms with Crippen LogP contribution in [0.2, 0.25) is 0 Å². The van der Waals surface area contributed by atoms with E-state index in [-0.39, 0.29) is 24.8 Å². The predicted octanol–water partition coefficient (Wildman–Crippen LogP) is 2.11. The molecule has 98 valence electrons. The minimum absolute atomic E-state index is 0.0128. The molecule has 0 unspecified atom stereocenters. The van der Waals surface area contributed by atoms with Crippen molar-refractivity contribution in [3.05, 3.63) is 35.9 Å². The Balaban J connectivity index is 2.69. The lowest BCUT2D eigenvalue weighted by molar-refractivity contribution is -0.138. The Morgan fingerprint density at radius 3 is 2.39 bits per heavy atom. The lowest BCUT2D eigenvalue weighted by Gasteiger charge is -2.24. The SMILES string of the molecule is CCN(CCC(=O)O)C(=O)[C@H](C)c1ccccc1. The van der Waals surface area contributed by atoms with E-state index >= 15 is 0 Å². The molecule has 0 aliphatic heterocycles. The van der Waals surface area contributed by atoms with Crippen molar-refractivity contribution in [1.82, 2.24) is 4.90 Å². The number of carboxylic acids is 1. The summed E-state index contributed by atoms with van der Waals surface area (Å²) in [5, 5.41) is 8.66. The van der Waals surface area contributed by atoms with Crippen molar-refractivity contribution in [2.45, 2.75) is 26.2 Å². The summed E-state index contributed by atoms with van der Waals surface area (Å²) in [7, 11) is 0. The molecule has 0 spiro atoms. The highest BCUT2D eigenvalue weighted by atomic mass is 16.4. The van der Waals surface area contributed by atoms with Crippen LogP contribution in [0.1, 0.15) is 31.7 Å². The molecule has 18 heavy (non-hydrogen) atoms. The van der Waals surface area contributed by atoms with Crippen LogP contribution in [0.4, 0.5) is 0 Å². The van der Waals surface area contributed by atoms with Gasteiger partial charge in [-0.3, -0.25) is 9.59 Å². The number of benzene rings is 1. The van der Waals surface area contributed by atoms with Gasteiger partial charge >= 0.3 is 5.97 Å². The van der Waals surface area contributed by atoms with E-state index < -0.39 is 5.97 Å². The summed E-state index contributed by atoms with van der Waals surface area (Å²) in [5.41, 5.74) is 0.955. The van der Waals surface area contributed by atoms with E-state index in [1.807, 2.05) is 44.2 Å². The van der Waals surface area contributed by atoms with Gasteiger partial charge in [-0.2, -0.15) is 0 Å². The number of hydrogen-bond donors (Lipinski definition) is 1. The highest BCUT2D eigenvalue weighted by Crippen LogP contribution is 2.17. The van der Waals surface area contributed by atoms with E-state index in [1.165, 1.54) is 0 Å². The topological polar surface area (TPSA) is 57.6 Å². The van der Waals surface area contributed by atoms with E-state index in [9.17, 15) is 9.59 Å². The van der Waals surface area contributed by atoms with Crippen molar-refractivity contribution in [2.24, 2.45) is 0 Å². The highest BCUT2D eigenvalue weighted by Gasteiger charge is 2.20. The average Bonchev–Trinajstić information content (AvgIpc) is 2.39. The molecular weight excluding hydrogens is 230 g/mol. The molecule has 1 aromatic carbocycles. The normalized spacial score (nSPS) is 11.9. The number of likely N-dealkylation sites (N-methyl/N-ethyl adjacent to an activating group) is 1. The van der Waals surface area contributed by atoms with Crippen LogP contribution in [0.3, 0.4) is 0 Å². The zero-order valence-corrected chi connectivity index (χ0v) is 10.8. The van der Waals surface area contributed by atoms with Crippen molar-refractivity contribution in [2.75, 3.05) is 13.1 Å². The van der Waals surface area contributed by atoms with Crippen molar-refractivity contribution in [1.29, 1.82) is 0 Å². The van der Waals surface area contributed by atoms with Gasteiger partial charge in [-0.25, -0.2) is 0 Å². The summed E-state index contributed by atoms with van der Waals surface area (Å²) in [6.45, 7) is 4.50. The second-order valence-electron chi connectivity index (χ2n) is 4.19. The maximum atomic E-state index is 12.2. The Bertz CT molecular complexity index is 403. The summed E-state index contributed by atoms with van der Waals surface area (Å²) in [6, 6.07) is 9.52. The fourth-order valence-electron chi connectivity index (χ4n) is 1.81. The van der Waals surface area contributed by atoms with E-state index in [4.69, 9.17) is 5.11 Å². The van der Waals surface area contributed by atoms with Crippen LogP contribution in [-0.4, -0.2) is 35.0 Å². The van der Waals surface area contributed by atoms with Crippen LogP contribution in [0.5, 0.6) is 0 Å². The summed E-state index contributed by atoms with van der Waals surface area (Å²) >= 11 is 0. The molecule has 0 saturated heterocycles. The molecule has 0 fully saturated rings. The molecule has 0 bridgehead atoms. The summed E-state index contributed by atoms with van der Waals surface area (Å²) < 4.78 is 0. The van der Waals surface area contributed by atoms with Crippen molar-refractivity contribution in [3.8, 4) is 0 Å². The van der Waals surface area contributed by atoms with Crippen LogP contribution < -0.4 is 0 Å². The number of carboxylic acid groups (broad SMARTS) is 1. The molecule has 0 saturated carbocycles. The molecule has 0 aliphatic rings. The number of nitrogens with zero attached hydrogens (tertiary/aromatic N) is 1. The standard InChI is InChI=1S/C14H19NO3/c1-3-15(10-9-13(16)17)14(18)11(2)12-7-5-4-6-8-12/h4-8,11H,3,9-10H2,1-2H3,(H,16,17)/t11-/m1/s1. The third-order valence-corrected chi connectivity index (χ3v) is 2.96. The maximum Gasteiger partial charge on any atom is 0.305 e. The van der Waals surface area contributed by atoms with Crippen LogP contribution in [0.25, 0.3) is 0 Å². The van der Waals surface area contributed by atoms with E-state index in [1.54, 1.807) is 4.90 Å². The van der Waals surface area contributed by atoms with Gasteiger partial charge in [-0.1, -0.05) is 30.3 Å². The number of rotatable bonds is 6. The molecular formula is C14H19NO3. The number of carbonyl (C=O) groups excluding carboxylic acids is 1. The summed E-state index contributed by atoms with van der Waals surface area (Å²) in [5.74, 6) is -1.14. The highest BCUT2D eigenvalue weighted by molar-refractivity contribution is 5.83. The quantitative estimate of drug-likeness (QED) is 0.840. The monoisotopic (exact) mass is 249 g/mol.